The van der Waals surface area contributed by atoms with Crippen molar-refractivity contribution in [3.8, 4) is 0 Å². The van der Waals surface area contributed by atoms with E-state index in [1.54, 1.807) is 54.9 Å². The number of hydrogen-bond donors (Lipinski definition) is 2. The number of carbonyl (C=O) groups is 1. The highest BCUT2D eigenvalue weighted by atomic mass is 32.2. The monoisotopic (exact) mass is 425 g/mol. The molecule has 0 saturated heterocycles. The van der Waals surface area contributed by atoms with E-state index in [2.05, 4.69) is 4.98 Å². The van der Waals surface area contributed by atoms with Crippen LogP contribution in [0, 0.1) is 0 Å². The standard InChI is InChI=1S/C22H23N3O4S/c1-2-20(16-6-3-7-17(14-16)22(26)27)25(13-5-11-23)30(28,29)21-9-4-8-18-15-24-12-10-19(18)21/h3-10,12-15,20H,2,11,23H2,1H3,(H,26,27). The minimum absolute atomic E-state index is 0.0994. The number of nitrogens with zero attached hydrogens (tertiary/aromatic N) is 2. The molecule has 2 aromatic carbocycles. The van der Waals surface area contributed by atoms with Crippen LogP contribution in [0.2, 0.25) is 0 Å². The Balaban J connectivity index is 2.18. The maximum absolute atomic E-state index is 13.7. The van der Waals surface area contributed by atoms with Gasteiger partial charge in [0, 0.05) is 35.9 Å². The highest BCUT2D eigenvalue weighted by Crippen LogP contribution is 2.33. The van der Waals surface area contributed by atoms with E-state index in [0.29, 0.717) is 22.8 Å². The van der Waals surface area contributed by atoms with Crippen LogP contribution >= 0.6 is 0 Å². The summed E-state index contributed by atoms with van der Waals surface area (Å²) in [5.74, 6) is -1.07. The molecule has 0 bridgehead atoms. The van der Waals surface area contributed by atoms with E-state index in [1.165, 1.54) is 22.6 Å². The quantitative estimate of drug-likeness (QED) is 0.571. The second-order valence-electron chi connectivity index (χ2n) is 6.66. The molecular weight excluding hydrogens is 402 g/mol. The molecule has 0 aliphatic rings. The van der Waals surface area contributed by atoms with Crippen molar-refractivity contribution in [3.63, 3.8) is 0 Å². The minimum atomic E-state index is -3.98. The van der Waals surface area contributed by atoms with E-state index >= 15 is 0 Å². The van der Waals surface area contributed by atoms with Gasteiger partial charge in [0.15, 0.2) is 0 Å². The third kappa shape index (κ3) is 4.19. The third-order valence-electron chi connectivity index (χ3n) is 4.80. The molecule has 1 atom stereocenters. The van der Waals surface area contributed by atoms with Crippen molar-refractivity contribution in [2.75, 3.05) is 6.54 Å². The fraction of sp³-hybridized carbons (Fsp3) is 0.182. The van der Waals surface area contributed by atoms with Gasteiger partial charge in [-0.05, 0) is 36.2 Å². The highest BCUT2D eigenvalue weighted by molar-refractivity contribution is 7.89. The Kier molecular flexibility index (Phi) is 6.49. The van der Waals surface area contributed by atoms with Crippen LogP contribution in [0.1, 0.15) is 35.3 Å². The summed E-state index contributed by atoms with van der Waals surface area (Å²) in [7, 11) is -3.98. The fourth-order valence-corrected chi connectivity index (χ4v) is 5.18. The predicted molar refractivity (Wildman–Crippen MR) is 115 cm³/mol. The first-order valence-electron chi connectivity index (χ1n) is 9.46. The van der Waals surface area contributed by atoms with Gasteiger partial charge in [-0.3, -0.25) is 9.29 Å². The normalized spacial score (nSPS) is 12.9. The molecule has 0 aliphatic heterocycles. The van der Waals surface area contributed by atoms with Crippen molar-refractivity contribution in [1.29, 1.82) is 0 Å². The zero-order valence-corrected chi connectivity index (χ0v) is 17.3. The minimum Gasteiger partial charge on any atom is -0.478 e. The predicted octanol–water partition coefficient (Wildman–Crippen LogP) is 3.55. The van der Waals surface area contributed by atoms with Crippen LogP contribution in [-0.2, 0) is 10.0 Å². The summed E-state index contributed by atoms with van der Waals surface area (Å²) < 4.78 is 28.7. The molecule has 8 heteroatoms. The second-order valence-corrected chi connectivity index (χ2v) is 8.47. The Morgan fingerprint density at radius 1 is 1.23 bits per heavy atom. The summed E-state index contributed by atoms with van der Waals surface area (Å²) in [6.45, 7) is 2.01. The van der Waals surface area contributed by atoms with Crippen LogP contribution in [0.4, 0.5) is 0 Å². The topological polar surface area (TPSA) is 114 Å². The molecule has 1 unspecified atom stereocenters. The molecule has 3 rings (SSSR count). The number of pyridine rings is 1. The lowest BCUT2D eigenvalue weighted by atomic mass is 10.0. The maximum atomic E-state index is 13.7. The number of aromatic carboxylic acids is 1. The number of sulfonamides is 1. The number of fused-ring (bicyclic) bond motifs is 1. The largest absolute Gasteiger partial charge is 0.478 e. The van der Waals surface area contributed by atoms with E-state index in [0.717, 1.165) is 0 Å². The lowest BCUT2D eigenvalue weighted by molar-refractivity contribution is 0.0696. The molecule has 3 N–H and O–H groups in total. The smallest absolute Gasteiger partial charge is 0.335 e. The number of rotatable bonds is 8. The van der Waals surface area contributed by atoms with Crippen molar-refractivity contribution >= 4 is 26.8 Å². The van der Waals surface area contributed by atoms with Gasteiger partial charge < -0.3 is 10.8 Å². The SMILES string of the molecule is CCC(c1cccc(C(=O)O)c1)N(C=CCN)S(=O)(=O)c1cccc2cnccc12. The first-order valence-corrected chi connectivity index (χ1v) is 10.9. The molecule has 0 saturated carbocycles. The van der Waals surface area contributed by atoms with Crippen LogP contribution in [0.5, 0.6) is 0 Å². The summed E-state index contributed by atoms with van der Waals surface area (Å²) in [4.78, 5) is 15.6. The summed E-state index contributed by atoms with van der Waals surface area (Å²) in [5.41, 5.74) is 6.29. The van der Waals surface area contributed by atoms with Crippen molar-refractivity contribution in [2.24, 2.45) is 5.73 Å². The summed E-state index contributed by atoms with van der Waals surface area (Å²) in [6, 6.07) is 12.4. The van der Waals surface area contributed by atoms with E-state index < -0.39 is 22.0 Å². The molecule has 0 amide bonds. The zero-order chi connectivity index (χ0) is 21.7. The molecule has 0 aliphatic carbocycles. The van der Waals surface area contributed by atoms with Crippen molar-refractivity contribution < 1.29 is 18.3 Å². The zero-order valence-electron chi connectivity index (χ0n) is 16.5. The van der Waals surface area contributed by atoms with Gasteiger partial charge in [0.25, 0.3) is 10.0 Å². The van der Waals surface area contributed by atoms with Crippen LogP contribution < -0.4 is 5.73 Å². The Bertz CT molecular complexity index is 1190. The molecule has 1 heterocycles. The maximum Gasteiger partial charge on any atom is 0.335 e. The van der Waals surface area contributed by atoms with Gasteiger partial charge in [0.05, 0.1) is 16.5 Å². The number of carboxylic acid groups (broad SMARTS) is 1. The second kappa shape index (κ2) is 9.06. The molecule has 0 spiro atoms. The van der Waals surface area contributed by atoms with E-state index in [9.17, 15) is 18.3 Å². The first kappa shape index (κ1) is 21.5. The van der Waals surface area contributed by atoms with Crippen LogP contribution in [0.3, 0.4) is 0 Å². The highest BCUT2D eigenvalue weighted by Gasteiger charge is 2.30. The van der Waals surface area contributed by atoms with E-state index in [-0.39, 0.29) is 17.0 Å². The van der Waals surface area contributed by atoms with Gasteiger partial charge in [0.1, 0.15) is 0 Å². The molecule has 156 valence electrons. The number of aromatic nitrogens is 1. The lowest BCUT2D eigenvalue weighted by Gasteiger charge is -2.30. The molecule has 0 fully saturated rings. The summed E-state index contributed by atoms with van der Waals surface area (Å²) >= 11 is 0. The summed E-state index contributed by atoms with van der Waals surface area (Å²) in [6.07, 6.45) is 6.62. The Morgan fingerprint density at radius 3 is 2.70 bits per heavy atom. The first-order chi connectivity index (χ1) is 14.4. The average Bonchev–Trinajstić information content (AvgIpc) is 2.76. The number of carboxylic acids is 1. The molecule has 30 heavy (non-hydrogen) atoms. The molecular formula is C22H23N3O4S. The molecule has 3 aromatic rings. The van der Waals surface area contributed by atoms with Gasteiger partial charge in [0.2, 0.25) is 0 Å². The number of nitrogens with two attached hydrogens (primary N) is 1. The van der Waals surface area contributed by atoms with Gasteiger partial charge in [-0.15, -0.1) is 0 Å². The van der Waals surface area contributed by atoms with Crippen LogP contribution in [0.15, 0.2) is 78.1 Å². The average molecular weight is 426 g/mol. The lowest BCUT2D eigenvalue weighted by Crippen LogP contribution is -2.31. The van der Waals surface area contributed by atoms with Crippen molar-refractivity contribution in [2.45, 2.75) is 24.3 Å². The van der Waals surface area contributed by atoms with Crippen LogP contribution in [0.25, 0.3) is 10.8 Å². The van der Waals surface area contributed by atoms with Crippen molar-refractivity contribution in [1.82, 2.24) is 9.29 Å². The Labute approximate surface area is 175 Å². The van der Waals surface area contributed by atoms with E-state index in [4.69, 9.17) is 5.73 Å². The molecule has 7 nitrogen and oxygen atoms in total. The number of hydrogen-bond acceptors (Lipinski definition) is 5. The summed E-state index contributed by atoms with van der Waals surface area (Å²) in [5, 5.41) is 10.6. The Morgan fingerprint density at radius 2 is 2.00 bits per heavy atom. The van der Waals surface area contributed by atoms with Gasteiger partial charge in [-0.25, -0.2) is 13.2 Å². The number of benzene rings is 2. The van der Waals surface area contributed by atoms with E-state index in [1.807, 2.05) is 6.92 Å². The van der Waals surface area contributed by atoms with Gasteiger partial charge >= 0.3 is 5.97 Å². The van der Waals surface area contributed by atoms with Crippen molar-refractivity contribution in [3.05, 3.63) is 84.3 Å². The third-order valence-corrected chi connectivity index (χ3v) is 6.64. The molecule has 1 aromatic heterocycles. The Hall–Kier alpha value is -3.23. The van der Waals surface area contributed by atoms with Gasteiger partial charge in [-0.2, -0.15) is 0 Å². The van der Waals surface area contributed by atoms with Gasteiger partial charge in [-0.1, -0.05) is 37.3 Å². The van der Waals surface area contributed by atoms with Crippen LogP contribution in [-0.4, -0.2) is 35.3 Å². The molecule has 0 radical (unpaired) electrons. The fourth-order valence-electron chi connectivity index (χ4n) is 3.39.